The first-order valence-corrected chi connectivity index (χ1v) is 4.30. The second-order valence-corrected chi connectivity index (χ2v) is 3.00. The average Bonchev–Trinajstić information content (AvgIpc) is 2.26. The lowest BCUT2D eigenvalue weighted by molar-refractivity contribution is -0.132. The molecular weight excluding hydrogens is 212 g/mol. The summed E-state index contributed by atoms with van der Waals surface area (Å²) in [7, 11) is 0. The van der Waals surface area contributed by atoms with Gasteiger partial charge in [-0.1, -0.05) is 6.08 Å². The van der Waals surface area contributed by atoms with E-state index in [9.17, 15) is 14.7 Å². The summed E-state index contributed by atoms with van der Waals surface area (Å²) in [6.45, 7) is 0. The third-order valence-electron chi connectivity index (χ3n) is 2.07. The lowest BCUT2D eigenvalue weighted by Gasteiger charge is -2.26. The quantitative estimate of drug-likeness (QED) is 0.620. The minimum atomic E-state index is -1.43. The Morgan fingerprint density at radius 1 is 1.44 bits per heavy atom. The molecule has 2 rings (SSSR count). The lowest BCUT2D eigenvalue weighted by Crippen LogP contribution is -2.32. The van der Waals surface area contributed by atoms with Crippen LogP contribution in [0, 0.1) is 0 Å². The van der Waals surface area contributed by atoms with E-state index in [-0.39, 0.29) is 11.5 Å². The average molecular weight is 218 g/mol. The Bertz CT molecular complexity index is 533. The van der Waals surface area contributed by atoms with Crippen molar-refractivity contribution in [2.45, 2.75) is 0 Å². The summed E-state index contributed by atoms with van der Waals surface area (Å²) in [5.41, 5.74) is -0.825. The van der Waals surface area contributed by atoms with Crippen LogP contribution >= 0.6 is 0 Å². The summed E-state index contributed by atoms with van der Waals surface area (Å²) in [6.07, 6.45) is 6.26. The normalized spacial score (nSPS) is 18.1. The zero-order chi connectivity index (χ0) is 11.7. The van der Waals surface area contributed by atoms with Gasteiger partial charge < -0.3 is 10.2 Å². The molecule has 0 bridgehead atoms. The van der Waals surface area contributed by atoms with E-state index in [2.05, 4.69) is 4.99 Å². The lowest BCUT2D eigenvalue weighted by atomic mass is 10.1. The molecular formula is C10H6N2O4. The van der Waals surface area contributed by atoms with Crippen molar-refractivity contribution in [3.8, 4) is 0 Å². The molecule has 2 aliphatic rings. The van der Waals surface area contributed by atoms with Gasteiger partial charge >= 0.3 is 5.97 Å². The Morgan fingerprint density at radius 3 is 2.81 bits per heavy atom. The molecule has 0 atom stereocenters. The fourth-order valence-corrected chi connectivity index (χ4v) is 1.40. The number of hydrogen-bond acceptors (Lipinski definition) is 5. The maximum Gasteiger partial charge on any atom is 0.344 e. The second-order valence-electron chi connectivity index (χ2n) is 3.00. The summed E-state index contributed by atoms with van der Waals surface area (Å²) < 4.78 is 0. The van der Waals surface area contributed by atoms with Gasteiger partial charge in [0.1, 0.15) is 5.84 Å². The summed E-state index contributed by atoms with van der Waals surface area (Å²) in [6, 6.07) is 0. The van der Waals surface area contributed by atoms with Crippen molar-refractivity contribution in [3.05, 3.63) is 41.6 Å². The SMILES string of the molecule is O=C=C1C(C(=O)O)=C(O)N=C2C=CC=CN12. The Hall–Kier alpha value is -2.59. The van der Waals surface area contributed by atoms with Crippen molar-refractivity contribution in [2.24, 2.45) is 4.99 Å². The highest BCUT2D eigenvalue weighted by molar-refractivity contribution is 6.05. The molecule has 0 fully saturated rings. The van der Waals surface area contributed by atoms with E-state index in [0.29, 0.717) is 0 Å². The number of carboxylic acid groups (broad SMARTS) is 1. The van der Waals surface area contributed by atoms with E-state index in [4.69, 9.17) is 5.11 Å². The van der Waals surface area contributed by atoms with Gasteiger partial charge in [0.05, 0.1) is 0 Å². The third-order valence-corrected chi connectivity index (χ3v) is 2.07. The van der Waals surface area contributed by atoms with Gasteiger partial charge in [-0.25, -0.2) is 9.59 Å². The number of carboxylic acids is 1. The number of aliphatic carboxylic acids is 1. The highest BCUT2D eigenvalue weighted by atomic mass is 16.4. The number of amidine groups is 1. The number of rotatable bonds is 1. The highest BCUT2D eigenvalue weighted by Gasteiger charge is 2.31. The number of hydrogen-bond donors (Lipinski definition) is 2. The maximum absolute atomic E-state index is 10.9. The molecule has 16 heavy (non-hydrogen) atoms. The number of nitrogens with zero attached hydrogens (tertiary/aromatic N) is 2. The predicted octanol–water partition coefficient (Wildman–Crippen LogP) is 0.354. The molecule has 0 aromatic rings. The van der Waals surface area contributed by atoms with E-state index in [1.54, 1.807) is 12.2 Å². The standard InChI is InChI=1S/C10H6N2O4/c13-5-6-8(10(15)16)9(14)11-7-3-1-2-4-12(6)7/h1-4,14H,(H,15,16). The zero-order valence-corrected chi connectivity index (χ0v) is 7.91. The topological polar surface area (TPSA) is 90.2 Å². The first-order chi connectivity index (χ1) is 7.65. The van der Waals surface area contributed by atoms with Crippen molar-refractivity contribution in [1.29, 1.82) is 0 Å². The highest BCUT2D eigenvalue weighted by Crippen LogP contribution is 2.25. The number of aliphatic imine (C=N–C) groups is 1. The van der Waals surface area contributed by atoms with Crippen LogP contribution in [-0.4, -0.2) is 32.9 Å². The fraction of sp³-hybridized carbons (Fsp3) is 0. The van der Waals surface area contributed by atoms with Crippen LogP contribution < -0.4 is 0 Å². The van der Waals surface area contributed by atoms with Gasteiger partial charge in [-0.2, -0.15) is 4.99 Å². The second kappa shape index (κ2) is 3.52. The molecule has 6 heteroatoms. The molecule has 0 amide bonds. The van der Waals surface area contributed by atoms with Crippen molar-refractivity contribution in [1.82, 2.24) is 4.90 Å². The summed E-state index contributed by atoms with van der Waals surface area (Å²) in [4.78, 5) is 26.5. The van der Waals surface area contributed by atoms with Crippen LogP contribution in [0.25, 0.3) is 0 Å². The minimum absolute atomic E-state index is 0.267. The fourth-order valence-electron chi connectivity index (χ4n) is 1.40. The number of aliphatic hydroxyl groups excluding tert-OH is 1. The Morgan fingerprint density at radius 2 is 2.19 bits per heavy atom. The Kier molecular flexibility index (Phi) is 2.19. The van der Waals surface area contributed by atoms with E-state index in [1.807, 2.05) is 0 Å². The monoisotopic (exact) mass is 218 g/mol. The molecule has 0 aromatic carbocycles. The van der Waals surface area contributed by atoms with E-state index in [1.165, 1.54) is 23.1 Å². The number of fused-ring (bicyclic) bond motifs is 1. The number of allylic oxidation sites excluding steroid dienone is 2. The summed E-state index contributed by atoms with van der Waals surface area (Å²) in [5, 5.41) is 18.3. The van der Waals surface area contributed by atoms with Crippen molar-refractivity contribution in [3.63, 3.8) is 0 Å². The number of carbonyl (C=O) groups is 1. The largest absolute Gasteiger partial charge is 0.493 e. The Balaban J connectivity index is 2.65. The van der Waals surface area contributed by atoms with Crippen LogP contribution in [0.1, 0.15) is 0 Å². The molecule has 80 valence electrons. The van der Waals surface area contributed by atoms with Gasteiger partial charge in [0, 0.05) is 6.20 Å². The van der Waals surface area contributed by atoms with Crippen LogP contribution in [-0.2, 0) is 9.59 Å². The predicted molar refractivity (Wildman–Crippen MR) is 54.1 cm³/mol. The number of aliphatic hydroxyl groups is 1. The molecule has 6 nitrogen and oxygen atoms in total. The van der Waals surface area contributed by atoms with Gasteiger partial charge in [-0.15, -0.1) is 0 Å². The summed E-state index contributed by atoms with van der Waals surface area (Å²) >= 11 is 0. The van der Waals surface area contributed by atoms with Gasteiger partial charge in [-0.05, 0) is 12.2 Å². The number of carbonyl (C=O) groups excluding carboxylic acids is 1. The van der Waals surface area contributed by atoms with Crippen LogP contribution in [0.2, 0.25) is 0 Å². The van der Waals surface area contributed by atoms with Gasteiger partial charge in [-0.3, -0.25) is 4.90 Å². The molecule has 0 radical (unpaired) electrons. The van der Waals surface area contributed by atoms with E-state index >= 15 is 0 Å². The summed E-state index contributed by atoms with van der Waals surface area (Å²) in [5.74, 6) is -0.366. The molecule has 0 saturated carbocycles. The minimum Gasteiger partial charge on any atom is -0.493 e. The molecule has 0 saturated heterocycles. The molecule has 0 aliphatic carbocycles. The van der Waals surface area contributed by atoms with Crippen LogP contribution in [0.5, 0.6) is 0 Å². The van der Waals surface area contributed by atoms with Crippen LogP contribution in [0.4, 0.5) is 0 Å². The molecule has 2 N–H and O–H groups in total. The molecule has 0 unspecified atom stereocenters. The maximum atomic E-state index is 10.9. The zero-order valence-electron chi connectivity index (χ0n) is 7.91. The van der Waals surface area contributed by atoms with Gasteiger partial charge in [0.15, 0.2) is 17.2 Å². The smallest absolute Gasteiger partial charge is 0.344 e. The van der Waals surface area contributed by atoms with E-state index in [0.717, 1.165) is 0 Å². The van der Waals surface area contributed by atoms with Gasteiger partial charge in [0.25, 0.3) is 0 Å². The first-order valence-electron chi connectivity index (χ1n) is 4.30. The van der Waals surface area contributed by atoms with Crippen LogP contribution in [0.15, 0.2) is 46.6 Å². The van der Waals surface area contributed by atoms with Crippen molar-refractivity contribution >= 4 is 17.7 Å². The van der Waals surface area contributed by atoms with E-state index < -0.39 is 17.4 Å². The van der Waals surface area contributed by atoms with Crippen molar-refractivity contribution < 1.29 is 19.8 Å². The molecule has 0 spiro atoms. The first kappa shape index (κ1) is 9.95. The molecule has 2 heterocycles. The van der Waals surface area contributed by atoms with Crippen molar-refractivity contribution in [2.75, 3.05) is 0 Å². The Labute approximate surface area is 89.8 Å². The molecule has 2 aliphatic heterocycles. The van der Waals surface area contributed by atoms with Crippen LogP contribution in [0.3, 0.4) is 0 Å². The molecule has 0 aromatic heterocycles. The third kappa shape index (κ3) is 1.34. The van der Waals surface area contributed by atoms with Gasteiger partial charge in [0.2, 0.25) is 5.88 Å².